The lowest BCUT2D eigenvalue weighted by atomic mass is 10.3. The van der Waals surface area contributed by atoms with E-state index in [1.54, 1.807) is 0 Å². The molecule has 1 amide bonds. The molecule has 0 aromatic heterocycles. The fourth-order valence-corrected chi connectivity index (χ4v) is 0.845. The van der Waals surface area contributed by atoms with Gasteiger partial charge < -0.3 is 14.8 Å². The van der Waals surface area contributed by atoms with Gasteiger partial charge in [0.1, 0.15) is 0 Å². The summed E-state index contributed by atoms with van der Waals surface area (Å²) in [4.78, 5) is 32.7. The fourth-order valence-electron chi connectivity index (χ4n) is 0.845. The highest BCUT2D eigenvalue weighted by molar-refractivity contribution is 5.92. The smallest absolute Gasteiger partial charge is 0.331 e. The van der Waals surface area contributed by atoms with Crippen LogP contribution in [0.25, 0.3) is 0 Å². The number of hydrogen-bond donors (Lipinski definition) is 1. The molecule has 0 aromatic rings. The van der Waals surface area contributed by atoms with Crippen LogP contribution >= 0.6 is 0 Å². The van der Waals surface area contributed by atoms with Crippen LogP contribution in [-0.2, 0) is 23.9 Å². The molecule has 0 aliphatic rings. The van der Waals surface area contributed by atoms with E-state index in [1.807, 2.05) is 6.92 Å². The first-order chi connectivity index (χ1) is 8.10. The monoisotopic (exact) mass is 243 g/mol. The number of rotatable bonds is 7. The number of unbranched alkanes of at least 4 members (excludes halogenated alkanes) is 1. The number of methoxy groups -OCH3 is 1. The maximum absolute atomic E-state index is 11.1. The van der Waals surface area contributed by atoms with E-state index in [4.69, 9.17) is 0 Å². The Kier molecular flexibility index (Phi) is 8.36. The van der Waals surface area contributed by atoms with Gasteiger partial charge in [0.25, 0.3) is 5.91 Å². The van der Waals surface area contributed by atoms with E-state index < -0.39 is 11.9 Å². The van der Waals surface area contributed by atoms with Crippen LogP contribution < -0.4 is 5.32 Å². The molecule has 0 rings (SSSR count). The van der Waals surface area contributed by atoms with Crippen molar-refractivity contribution < 1.29 is 23.9 Å². The normalized spacial score (nSPS) is 10.0. The van der Waals surface area contributed by atoms with Gasteiger partial charge >= 0.3 is 11.9 Å². The lowest BCUT2D eigenvalue weighted by molar-refractivity contribution is -0.144. The van der Waals surface area contributed by atoms with Gasteiger partial charge in [-0.3, -0.25) is 4.79 Å². The highest BCUT2D eigenvalue weighted by Crippen LogP contribution is 1.86. The minimum absolute atomic E-state index is 0.353. The summed E-state index contributed by atoms with van der Waals surface area (Å²) in [7, 11) is 1.19. The lowest BCUT2D eigenvalue weighted by Crippen LogP contribution is -2.29. The van der Waals surface area contributed by atoms with Crippen molar-refractivity contribution in [1.82, 2.24) is 5.32 Å². The predicted molar refractivity (Wildman–Crippen MR) is 60.0 cm³/mol. The Morgan fingerprint density at radius 3 is 2.41 bits per heavy atom. The van der Waals surface area contributed by atoms with Crippen molar-refractivity contribution in [2.45, 2.75) is 19.8 Å². The highest BCUT2D eigenvalue weighted by atomic mass is 16.5. The zero-order valence-corrected chi connectivity index (χ0v) is 10.0. The molecular formula is C11H17NO5. The summed E-state index contributed by atoms with van der Waals surface area (Å²) in [6, 6.07) is 0. The lowest BCUT2D eigenvalue weighted by Gasteiger charge is -2.03. The number of amides is 1. The van der Waals surface area contributed by atoms with Crippen LogP contribution in [0.5, 0.6) is 0 Å². The van der Waals surface area contributed by atoms with Crippen LogP contribution in [0.15, 0.2) is 12.2 Å². The average Bonchev–Trinajstić information content (AvgIpc) is 2.33. The third-order valence-corrected chi connectivity index (χ3v) is 1.75. The molecule has 1 N–H and O–H groups in total. The average molecular weight is 243 g/mol. The summed E-state index contributed by atoms with van der Waals surface area (Å²) >= 11 is 0. The van der Waals surface area contributed by atoms with Gasteiger partial charge in [0.15, 0.2) is 6.61 Å². The Hall–Kier alpha value is -1.85. The largest absolute Gasteiger partial charge is 0.466 e. The van der Waals surface area contributed by atoms with Crippen LogP contribution in [0.4, 0.5) is 0 Å². The molecule has 0 saturated heterocycles. The highest BCUT2D eigenvalue weighted by Gasteiger charge is 2.04. The summed E-state index contributed by atoms with van der Waals surface area (Å²) in [5.74, 6) is -1.78. The fraction of sp³-hybridized carbons (Fsp3) is 0.545. The second kappa shape index (κ2) is 9.38. The van der Waals surface area contributed by atoms with Crippen molar-refractivity contribution in [2.24, 2.45) is 0 Å². The van der Waals surface area contributed by atoms with Crippen LogP contribution in [0.3, 0.4) is 0 Å². The number of ether oxygens (including phenoxy) is 2. The first kappa shape index (κ1) is 15.2. The molecule has 0 atom stereocenters. The van der Waals surface area contributed by atoms with Crippen LogP contribution in [0.1, 0.15) is 19.8 Å². The SMILES string of the molecule is CCCCNC(=O)COC(=O)C=CC(=O)OC. The molecule has 0 bridgehead atoms. The van der Waals surface area contributed by atoms with Gasteiger partial charge in [0.2, 0.25) is 0 Å². The number of carbonyl (C=O) groups excluding carboxylic acids is 3. The van der Waals surface area contributed by atoms with Crippen molar-refractivity contribution in [3.63, 3.8) is 0 Å². The maximum atomic E-state index is 11.1. The third kappa shape index (κ3) is 9.10. The molecular weight excluding hydrogens is 226 g/mol. The van der Waals surface area contributed by atoms with Gasteiger partial charge in [0, 0.05) is 18.7 Å². The van der Waals surface area contributed by atoms with E-state index in [2.05, 4.69) is 14.8 Å². The van der Waals surface area contributed by atoms with E-state index in [9.17, 15) is 14.4 Å². The second-order valence-electron chi connectivity index (χ2n) is 3.17. The van der Waals surface area contributed by atoms with Crippen molar-refractivity contribution in [1.29, 1.82) is 0 Å². The van der Waals surface area contributed by atoms with Crippen LogP contribution in [0, 0.1) is 0 Å². The van der Waals surface area contributed by atoms with Gasteiger partial charge in [-0.05, 0) is 6.42 Å². The van der Waals surface area contributed by atoms with E-state index in [0.717, 1.165) is 25.0 Å². The second-order valence-corrected chi connectivity index (χ2v) is 3.17. The Labute approximate surface area is 100.0 Å². The van der Waals surface area contributed by atoms with E-state index in [-0.39, 0.29) is 12.5 Å². The summed E-state index contributed by atoms with van der Waals surface area (Å²) in [6.07, 6.45) is 3.69. The van der Waals surface area contributed by atoms with Crippen LogP contribution in [0.2, 0.25) is 0 Å². The van der Waals surface area contributed by atoms with Gasteiger partial charge in [-0.25, -0.2) is 9.59 Å². The quantitative estimate of drug-likeness (QED) is 0.392. The number of esters is 2. The molecule has 0 heterocycles. The Bertz CT molecular complexity index is 298. The van der Waals surface area contributed by atoms with Crippen molar-refractivity contribution in [3.8, 4) is 0 Å². The number of carbonyl (C=O) groups is 3. The number of hydrogen-bond acceptors (Lipinski definition) is 5. The molecule has 0 unspecified atom stereocenters. The Balaban J connectivity index is 3.73. The molecule has 96 valence electrons. The topological polar surface area (TPSA) is 81.7 Å². The third-order valence-electron chi connectivity index (χ3n) is 1.75. The van der Waals surface area contributed by atoms with Crippen molar-refractivity contribution in [3.05, 3.63) is 12.2 Å². The van der Waals surface area contributed by atoms with Gasteiger partial charge in [-0.15, -0.1) is 0 Å². The van der Waals surface area contributed by atoms with E-state index >= 15 is 0 Å². The molecule has 0 saturated carbocycles. The van der Waals surface area contributed by atoms with E-state index in [1.165, 1.54) is 7.11 Å². The predicted octanol–water partition coefficient (Wildman–Crippen LogP) is 0.175. The molecule has 0 fully saturated rings. The molecule has 0 aromatic carbocycles. The zero-order chi connectivity index (χ0) is 13.1. The van der Waals surface area contributed by atoms with Crippen molar-refractivity contribution in [2.75, 3.05) is 20.3 Å². The molecule has 0 aliphatic carbocycles. The minimum atomic E-state index is -0.763. The van der Waals surface area contributed by atoms with Gasteiger partial charge in [-0.2, -0.15) is 0 Å². The standard InChI is InChI=1S/C11H17NO5/c1-3-4-7-12-9(13)8-17-11(15)6-5-10(14)16-2/h5-6H,3-4,7-8H2,1-2H3,(H,12,13). The zero-order valence-electron chi connectivity index (χ0n) is 10.0. The molecule has 0 aliphatic heterocycles. The van der Waals surface area contributed by atoms with Crippen molar-refractivity contribution >= 4 is 17.8 Å². The summed E-state index contributed by atoms with van der Waals surface area (Å²) in [5.41, 5.74) is 0. The molecule has 17 heavy (non-hydrogen) atoms. The number of nitrogens with one attached hydrogen (secondary N) is 1. The maximum Gasteiger partial charge on any atom is 0.331 e. The Morgan fingerprint density at radius 2 is 1.82 bits per heavy atom. The first-order valence-corrected chi connectivity index (χ1v) is 5.29. The van der Waals surface area contributed by atoms with Gasteiger partial charge in [0.05, 0.1) is 7.11 Å². The van der Waals surface area contributed by atoms with E-state index in [0.29, 0.717) is 6.54 Å². The Morgan fingerprint density at radius 1 is 1.18 bits per heavy atom. The molecule has 6 heteroatoms. The first-order valence-electron chi connectivity index (χ1n) is 5.29. The minimum Gasteiger partial charge on any atom is -0.466 e. The summed E-state index contributed by atoms with van der Waals surface area (Å²) in [5, 5.41) is 2.58. The molecule has 0 spiro atoms. The molecule has 0 radical (unpaired) electrons. The summed E-state index contributed by atoms with van der Waals surface area (Å²) in [6.45, 7) is 2.21. The summed E-state index contributed by atoms with van der Waals surface area (Å²) < 4.78 is 8.86. The van der Waals surface area contributed by atoms with Gasteiger partial charge in [-0.1, -0.05) is 13.3 Å². The molecule has 6 nitrogen and oxygen atoms in total. The van der Waals surface area contributed by atoms with Crippen LogP contribution in [-0.4, -0.2) is 38.1 Å².